The molecule has 1 aromatic carbocycles. The van der Waals surface area contributed by atoms with Gasteiger partial charge in [0.1, 0.15) is 6.61 Å². The van der Waals surface area contributed by atoms with Crippen molar-refractivity contribution < 1.29 is 19.4 Å². The fourth-order valence-corrected chi connectivity index (χ4v) is 2.36. The Labute approximate surface area is 125 Å². The third-order valence-corrected chi connectivity index (χ3v) is 3.87. The highest BCUT2D eigenvalue weighted by atomic mass is 79.9. The average Bonchev–Trinajstić information content (AvgIpc) is 2.46. The normalized spacial score (nSPS) is 15.2. The molecule has 0 aliphatic carbocycles. The van der Waals surface area contributed by atoms with Crippen LogP contribution in [0.5, 0.6) is 0 Å². The van der Waals surface area contributed by atoms with Crippen molar-refractivity contribution in [3.63, 3.8) is 0 Å². The van der Waals surface area contributed by atoms with Crippen LogP contribution >= 0.6 is 15.9 Å². The molecule has 2 rings (SSSR count). The van der Waals surface area contributed by atoms with Gasteiger partial charge in [0.2, 0.25) is 0 Å². The summed E-state index contributed by atoms with van der Waals surface area (Å²) in [5.41, 5.74) is 1.10. The molecule has 5 nitrogen and oxygen atoms in total. The fraction of sp³-hybridized carbons (Fsp3) is 0.286. The van der Waals surface area contributed by atoms with Crippen LogP contribution in [0.15, 0.2) is 40.4 Å². The molecule has 0 spiro atoms. The number of carboxylic acid groups (broad SMARTS) is 1. The van der Waals surface area contributed by atoms with Crippen LogP contribution in [0.3, 0.4) is 0 Å². The van der Waals surface area contributed by atoms with Gasteiger partial charge in [0.05, 0.1) is 12.1 Å². The lowest BCUT2D eigenvalue weighted by molar-refractivity contribution is -0.133. The molecule has 106 valence electrons. The zero-order valence-corrected chi connectivity index (χ0v) is 12.3. The quantitative estimate of drug-likeness (QED) is 0.919. The van der Waals surface area contributed by atoms with Crippen LogP contribution in [0.25, 0.3) is 0 Å². The van der Waals surface area contributed by atoms with E-state index in [9.17, 15) is 9.59 Å². The van der Waals surface area contributed by atoms with E-state index in [0.717, 1.165) is 5.56 Å². The molecule has 1 aromatic rings. The van der Waals surface area contributed by atoms with E-state index in [1.807, 2.05) is 30.3 Å². The van der Waals surface area contributed by atoms with Gasteiger partial charge >= 0.3 is 12.1 Å². The summed E-state index contributed by atoms with van der Waals surface area (Å²) < 4.78 is 5.82. The van der Waals surface area contributed by atoms with E-state index in [4.69, 9.17) is 9.84 Å². The van der Waals surface area contributed by atoms with Crippen LogP contribution in [0, 0.1) is 0 Å². The van der Waals surface area contributed by atoms with Crippen LogP contribution < -0.4 is 0 Å². The summed E-state index contributed by atoms with van der Waals surface area (Å²) in [5, 5.41) is 9.05. The Kier molecular flexibility index (Phi) is 4.79. The topological polar surface area (TPSA) is 66.8 Å². The number of ether oxygens (including phenoxy) is 1. The lowest BCUT2D eigenvalue weighted by atomic mass is 10.1. The van der Waals surface area contributed by atoms with E-state index in [0.29, 0.717) is 17.4 Å². The largest absolute Gasteiger partial charge is 0.478 e. The van der Waals surface area contributed by atoms with Crippen LogP contribution in [0.1, 0.15) is 12.0 Å². The molecule has 0 saturated carbocycles. The van der Waals surface area contributed by atoms with Gasteiger partial charge in [-0.15, -0.1) is 0 Å². The van der Waals surface area contributed by atoms with Crippen LogP contribution in [-0.4, -0.2) is 35.2 Å². The van der Waals surface area contributed by atoms with E-state index >= 15 is 0 Å². The standard InChI is InChI=1S/C14H14BrNO4/c15-12-6-7-16(8-11(12)13(17)18)14(19)20-9-10-4-2-1-3-5-10/h1-5H,6-9H2,(H,17,18). The van der Waals surface area contributed by atoms with Gasteiger partial charge in [0, 0.05) is 11.0 Å². The van der Waals surface area contributed by atoms with E-state index < -0.39 is 12.1 Å². The monoisotopic (exact) mass is 339 g/mol. The molecule has 1 amide bonds. The third-order valence-electron chi connectivity index (χ3n) is 3.00. The Hall–Kier alpha value is -1.82. The lowest BCUT2D eigenvalue weighted by Gasteiger charge is -2.26. The first-order valence-electron chi connectivity index (χ1n) is 6.14. The zero-order chi connectivity index (χ0) is 14.5. The van der Waals surface area contributed by atoms with Crippen LogP contribution in [-0.2, 0) is 16.1 Å². The molecule has 1 heterocycles. The van der Waals surface area contributed by atoms with Crippen LogP contribution in [0.4, 0.5) is 4.79 Å². The Morgan fingerprint density at radius 3 is 2.65 bits per heavy atom. The number of benzene rings is 1. The molecule has 0 unspecified atom stereocenters. The maximum absolute atomic E-state index is 11.9. The van der Waals surface area contributed by atoms with E-state index in [2.05, 4.69) is 15.9 Å². The predicted octanol–water partition coefficient (Wildman–Crippen LogP) is 2.76. The first kappa shape index (κ1) is 14.6. The van der Waals surface area contributed by atoms with E-state index in [-0.39, 0.29) is 18.7 Å². The molecule has 0 saturated heterocycles. The number of nitrogens with zero attached hydrogens (tertiary/aromatic N) is 1. The Bertz CT molecular complexity index is 541. The summed E-state index contributed by atoms with van der Waals surface area (Å²) in [6, 6.07) is 9.35. The second-order valence-electron chi connectivity index (χ2n) is 4.40. The van der Waals surface area contributed by atoms with Gasteiger partial charge < -0.3 is 14.7 Å². The summed E-state index contributed by atoms with van der Waals surface area (Å²) >= 11 is 3.23. The first-order valence-corrected chi connectivity index (χ1v) is 6.93. The molecular weight excluding hydrogens is 326 g/mol. The van der Waals surface area contributed by atoms with Gasteiger partial charge in [0.15, 0.2) is 0 Å². The number of hydrogen-bond acceptors (Lipinski definition) is 3. The average molecular weight is 340 g/mol. The molecule has 0 aromatic heterocycles. The smallest absolute Gasteiger partial charge is 0.410 e. The SMILES string of the molecule is O=C(O)C1=C(Br)CCN(C(=O)OCc2ccccc2)C1. The summed E-state index contributed by atoms with van der Waals surface area (Å²) in [6.07, 6.45) is -0.00480. The van der Waals surface area contributed by atoms with Crippen molar-refractivity contribution in [1.82, 2.24) is 4.90 Å². The third kappa shape index (κ3) is 3.60. The maximum Gasteiger partial charge on any atom is 0.410 e. The van der Waals surface area contributed by atoms with Gasteiger partial charge in [0.25, 0.3) is 0 Å². The number of aliphatic carboxylic acids is 1. The molecule has 0 atom stereocenters. The van der Waals surface area contributed by atoms with Crippen molar-refractivity contribution in [3.05, 3.63) is 46.0 Å². The highest BCUT2D eigenvalue weighted by molar-refractivity contribution is 9.11. The summed E-state index contributed by atoms with van der Waals surface area (Å²) in [7, 11) is 0. The first-order chi connectivity index (χ1) is 9.58. The minimum Gasteiger partial charge on any atom is -0.478 e. The number of halogens is 1. The highest BCUT2D eigenvalue weighted by Gasteiger charge is 2.26. The Balaban J connectivity index is 1.93. The van der Waals surface area contributed by atoms with Gasteiger partial charge in [-0.2, -0.15) is 0 Å². The summed E-state index contributed by atoms with van der Waals surface area (Å²) in [5.74, 6) is -1.02. The molecule has 6 heteroatoms. The Morgan fingerprint density at radius 2 is 2.00 bits per heavy atom. The molecule has 0 fully saturated rings. The molecule has 1 aliphatic heterocycles. The second-order valence-corrected chi connectivity index (χ2v) is 5.36. The van der Waals surface area contributed by atoms with E-state index in [1.165, 1.54) is 4.90 Å². The van der Waals surface area contributed by atoms with Crippen molar-refractivity contribution in [2.75, 3.05) is 13.1 Å². The molecule has 0 bridgehead atoms. The van der Waals surface area contributed by atoms with Crippen molar-refractivity contribution in [2.24, 2.45) is 0 Å². The summed E-state index contributed by atoms with van der Waals surface area (Å²) in [6.45, 7) is 0.692. The predicted molar refractivity (Wildman–Crippen MR) is 76.4 cm³/mol. The molecular formula is C14H14BrNO4. The fourth-order valence-electron chi connectivity index (χ4n) is 1.89. The molecule has 20 heavy (non-hydrogen) atoms. The minimum absolute atomic E-state index is 0.0591. The van der Waals surface area contributed by atoms with Crippen LogP contribution in [0.2, 0.25) is 0 Å². The van der Waals surface area contributed by atoms with Gasteiger partial charge in [-0.05, 0) is 12.0 Å². The second kappa shape index (κ2) is 6.56. The van der Waals surface area contributed by atoms with Crippen molar-refractivity contribution in [3.8, 4) is 0 Å². The number of carboxylic acids is 1. The van der Waals surface area contributed by atoms with Gasteiger partial charge in [-0.25, -0.2) is 9.59 Å². The maximum atomic E-state index is 11.9. The van der Waals surface area contributed by atoms with Crippen molar-refractivity contribution >= 4 is 28.0 Å². The number of carbonyl (C=O) groups excluding carboxylic acids is 1. The number of hydrogen-bond donors (Lipinski definition) is 1. The zero-order valence-electron chi connectivity index (χ0n) is 10.7. The number of amides is 1. The van der Waals surface area contributed by atoms with Gasteiger partial charge in [-0.1, -0.05) is 46.3 Å². The van der Waals surface area contributed by atoms with Crippen molar-refractivity contribution in [1.29, 1.82) is 0 Å². The van der Waals surface area contributed by atoms with E-state index in [1.54, 1.807) is 0 Å². The van der Waals surface area contributed by atoms with Gasteiger partial charge in [-0.3, -0.25) is 0 Å². The summed E-state index contributed by atoms with van der Waals surface area (Å²) in [4.78, 5) is 24.4. The molecule has 1 aliphatic rings. The molecule has 0 radical (unpaired) electrons. The molecule has 1 N–H and O–H groups in total. The number of rotatable bonds is 3. The number of carbonyl (C=O) groups is 2. The Morgan fingerprint density at radius 1 is 1.30 bits per heavy atom. The van der Waals surface area contributed by atoms with Crippen molar-refractivity contribution in [2.45, 2.75) is 13.0 Å². The minimum atomic E-state index is -1.02. The highest BCUT2D eigenvalue weighted by Crippen LogP contribution is 2.23. The lowest BCUT2D eigenvalue weighted by Crippen LogP contribution is -2.38.